The van der Waals surface area contributed by atoms with E-state index in [2.05, 4.69) is 43.4 Å². The summed E-state index contributed by atoms with van der Waals surface area (Å²) in [5, 5.41) is 4.79. The zero-order chi connectivity index (χ0) is 14.8. The molecule has 114 valence electrons. The van der Waals surface area contributed by atoms with Crippen LogP contribution in [0, 0.1) is 12.8 Å². The Labute approximate surface area is 126 Å². The predicted octanol–water partition coefficient (Wildman–Crippen LogP) is 4.21. The van der Waals surface area contributed by atoms with E-state index in [9.17, 15) is 0 Å². The molecule has 0 radical (unpaired) electrons. The molecule has 1 aromatic heterocycles. The Morgan fingerprint density at radius 1 is 1.33 bits per heavy atom. The van der Waals surface area contributed by atoms with E-state index < -0.39 is 0 Å². The zero-order valence-electron chi connectivity index (χ0n) is 13.2. The number of methoxy groups -OCH3 is 1. The van der Waals surface area contributed by atoms with Crippen molar-refractivity contribution < 1.29 is 9.15 Å². The highest BCUT2D eigenvalue weighted by Crippen LogP contribution is 2.40. The molecule has 21 heavy (non-hydrogen) atoms. The Hall–Kier alpha value is -1.32. The molecule has 1 heterocycles. The number of fused-ring (bicyclic) bond motifs is 1. The number of benzene rings is 1. The highest BCUT2D eigenvalue weighted by atomic mass is 16.5. The van der Waals surface area contributed by atoms with Crippen LogP contribution in [0.3, 0.4) is 0 Å². The maximum absolute atomic E-state index is 6.10. The van der Waals surface area contributed by atoms with Crippen molar-refractivity contribution in [2.24, 2.45) is 5.92 Å². The molecular weight excluding hydrogens is 262 g/mol. The highest BCUT2D eigenvalue weighted by Gasteiger charge is 2.38. The van der Waals surface area contributed by atoms with Gasteiger partial charge in [0.05, 0.1) is 12.1 Å². The summed E-state index contributed by atoms with van der Waals surface area (Å²) in [5.41, 5.74) is 2.22. The van der Waals surface area contributed by atoms with Gasteiger partial charge in [0.25, 0.3) is 0 Å². The standard InChI is InChI=1S/C18H25NO2/c1-4-9-19-17(18(20-3)13-6-7-13)16-11-14-10-12(2)5-8-15(14)21-16/h5,8,10-11,13,17-19H,4,6-7,9H2,1-3H3. The van der Waals surface area contributed by atoms with Crippen molar-refractivity contribution in [3.63, 3.8) is 0 Å². The third-order valence-electron chi connectivity index (χ3n) is 4.30. The van der Waals surface area contributed by atoms with Crippen LogP contribution in [-0.2, 0) is 4.74 Å². The van der Waals surface area contributed by atoms with Crippen molar-refractivity contribution in [1.29, 1.82) is 0 Å². The van der Waals surface area contributed by atoms with Gasteiger partial charge in [0.1, 0.15) is 11.3 Å². The number of ether oxygens (including phenoxy) is 1. The molecule has 3 nitrogen and oxygen atoms in total. The molecule has 0 spiro atoms. The molecule has 1 aromatic carbocycles. The quantitative estimate of drug-likeness (QED) is 0.828. The SMILES string of the molecule is CCCNC(c1cc2cc(C)ccc2o1)C(OC)C1CC1. The minimum Gasteiger partial charge on any atom is -0.459 e. The Morgan fingerprint density at radius 2 is 2.14 bits per heavy atom. The van der Waals surface area contributed by atoms with Gasteiger partial charge in [-0.2, -0.15) is 0 Å². The second kappa shape index (κ2) is 6.20. The zero-order valence-corrected chi connectivity index (χ0v) is 13.2. The van der Waals surface area contributed by atoms with E-state index in [1.54, 1.807) is 0 Å². The summed E-state index contributed by atoms with van der Waals surface area (Å²) in [6.07, 6.45) is 3.85. The van der Waals surface area contributed by atoms with Crippen LogP contribution in [0.1, 0.15) is 43.6 Å². The van der Waals surface area contributed by atoms with Crippen molar-refractivity contribution in [3.05, 3.63) is 35.6 Å². The van der Waals surface area contributed by atoms with E-state index >= 15 is 0 Å². The monoisotopic (exact) mass is 287 g/mol. The summed E-state index contributed by atoms with van der Waals surface area (Å²) in [7, 11) is 1.82. The third-order valence-corrected chi connectivity index (χ3v) is 4.30. The lowest BCUT2D eigenvalue weighted by Gasteiger charge is -2.25. The molecule has 1 aliphatic rings. The largest absolute Gasteiger partial charge is 0.459 e. The number of nitrogens with one attached hydrogen (secondary N) is 1. The molecule has 0 aliphatic heterocycles. The smallest absolute Gasteiger partial charge is 0.134 e. The number of hydrogen-bond acceptors (Lipinski definition) is 3. The van der Waals surface area contributed by atoms with Gasteiger partial charge in [-0.25, -0.2) is 0 Å². The van der Waals surface area contributed by atoms with Gasteiger partial charge in [0.15, 0.2) is 0 Å². The molecule has 1 saturated carbocycles. The summed E-state index contributed by atoms with van der Waals surface area (Å²) < 4.78 is 11.9. The summed E-state index contributed by atoms with van der Waals surface area (Å²) in [6, 6.07) is 8.65. The minimum absolute atomic E-state index is 0.148. The minimum atomic E-state index is 0.148. The summed E-state index contributed by atoms with van der Waals surface area (Å²) >= 11 is 0. The normalized spacial score (nSPS) is 18.0. The molecule has 3 heteroatoms. The molecule has 3 rings (SSSR count). The van der Waals surface area contributed by atoms with Crippen molar-refractivity contribution in [2.75, 3.05) is 13.7 Å². The van der Waals surface area contributed by atoms with Crippen LogP contribution >= 0.6 is 0 Å². The van der Waals surface area contributed by atoms with Crippen molar-refractivity contribution in [3.8, 4) is 0 Å². The first-order chi connectivity index (χ1) is 10.2. The number of furan rings is 1. The summed E-state index contributed by atoms with van der Waals surface area (Å²) in [4.78, 5) is 0. The Morgan fingerprint density at radius 3 is 2.81 bits per heavy atom. The van der Waals surface area contributed by atoms with Gasteiger partial charge in [-0.1, -0.05) is 18.6 Å². The lowest BCUT2D eigenvalue weighted by molar-refractivity contribution is 0.0445. The Balaban J connectivity index is 1.92. The average molecular weight is 287 g/mol. The average Bonchev–Trinajstić information content (AvgIpc) is 3.22. The summed E-state index contributed by atoms with van der Waals surface area (Å²) in [6.45, 7) is 5.28. The molecule has 0 amide bonds. The van der Waals surface area contributed by atoms with E-state index in [1.165, 1.54) is 23.8 Å². The summed E-state index contributed by atoms with van der Waals surface area (Å²) in [5.74, 6) is 1.67. The van der Waals surface area contributed by atoms with Crippen LogP contribution in [0.5, 0.6) is 0 Å². The molecule has 2 unspecified atom stereocenters. The van der Waals surface area contributed by atoms with Crippen LogP contribution in [0.15, 0.2) is 28.7 Å². The van der Waals surface area contributed by atoms with E-state index in [0.717, 1.165) is 24.3 Å². The molecule has 2 aromatic rings. The van der Waals surface area contributed by atoms with Crippen LogP contribution in [0.2, 0.25) is 0 Å². The van der Waals surface area contributed by atoms with Gasteiger partial charge in [0, 0.05) is 12.5 Å². The van der Waals surface area contributed by atoms with Crippen LogP contribution in [0.25, 0.3) is 11.0 Å². The fourth-order valence-electron chi connectivity index (χ4n) is 3.04. The van der Waals surface area contributed by atoms with Crippen LogP contribution < -0.4 is 5.32 Å². The third kappa shape index (κ3) is 3.14. The molecule has 1 N–H and O–H groups in total. The van der Waals surface area contributed by atoms with Gasteiger partial charge in [-0.05, 0) is 56.8 Å². The van der Waals surface area contributed by atoms with Crippen molar-refractivity contribution in [1.82, 2.24) is 5.32 Å². The second-order valence-corrected chi connectivity index (χ2v) is 6.16. The number of rotatable bonds is 7. The van der Waals surface area contributed by atoms with Crippen LogP contribution in [0.4, 0.5) is 0 Å². The van der Waals surface area contributed by atoms with Crippen molar-refractivity contribution >= 4 is 11.0 Å². The number of hydrogen-bond donors (Lipinski definition) is 1. The Kier molecular flexibility index (Phi) is 4.32. The van der Waals surface area contributed by atoms with Gasteiger partial charge in [-0.15, -0.1) is 0 Å². The Bertz CT molecular complexity index is 600. The van der Waals surface area contributed by atoms with Gasteiger partial charge < -0.3 is 14.5 Å². The second-order valence-electron chi connectivity index (χ2n) is 6.16. The van der Waals surface area contributed by atoms with Gasteiger partial charge in [-0.3, -0.25) is 0 Å². The first kappa shape index (κ1) is 14.6. The van der Waals surface area contributed by atoms with E-state index in [1.807, 2.05) is 7.11 Å². The predicted molar refractivity (Wildman–Crippen MR) is 85.5 cm³/mol. The molecule has 1 fully saturated rings. The fraction of sp³-hybridized carbons (Fsp3) is 0.556. The molecular formula is C18H25NO2. The van der Waals surface area contributed by atoms with E-state index in [0.29, 0.717) is 5.92 Å². The first-order valence-electron chi connectivity index (χ1n) is 7.99. The molecule has 2 atom stereocenters. The highest BCUT2D eigenvalue weighted by molar-refractivity contribution is 5.78. The molecule has 0 bridgehead atoms. The van der Waals surface area contributed by atoms with Crippen LogP contribution in [-0.4, -0.2) is 19.8 Å². The molecule has 1 aliphatic carbocycles. The first-order valence-corrected chi connectivity index (χ1v) is 7.99. The fourth-order valence-corrected chi connectivity index (χ4v) is 3.04. The van der Waals surface area contributed by atoms with Crippen molar-refractivity contribution in [2.45, 2.75) is 45.3 Å². The maximum Gasteiger partial charge on any atom is 0.134 e. The lowest BCUT2D eigenvalue weighted by atomic mass is 10.0. The van der Waals surface area contributed by atoms with Gasteiger partial charge >= 0.3 is 0 Å². The molecule has 0 saturated heterocycles. The van der Waals surface area contributed by atoms with E-state index in [-0.39, 0.29) is 12.1 Å². The maximum atomic E-state index is 6.10. The van der Waals surface area contributed by atoms with Gasteiger partial charge in [0.2, 0.25) is 0 Å². The number of aryl methyl sites for hydroxylation is 1. The van der Waals surface area contributed by atoms with E-state index in [4.69, 9.17) is 9.15 Å². The lowest BCUT2D eigenvalue weighted by Crippen LogP contribution is -2.35. The topological polar surface area (TPSA) is 34.4 Å².